The van der Waals surface area contributed by atoms with Crippen LogP contribution in [0.25, 0.3) is 0 Å². The molecular formula is C19H19NO5. The second kappa shape index (κ2) is 6.29. The first kappa shape index (κ1) is 15.8. The summed E-state index contributed by atoms with van der Waals surface area (Å²) in [5.74, 6) is 0.616. The van der Waals surface area contributed by atoms with Gasteiger partial charge in [0.2, 0.25) is 6.79 Å². The second-order valence-corrected chi connectivity index (χ2v) is 6.24. The molecule has 2 aliphatic rings. The molecule has 0 saturated carbocycles. The maximum atomic E-state index is 12.0. The minimum absolute atomic E-state index is 0.140. The van der Waals surface area contributed by atoms with Gasteiger partial charge in [0.05, 0.1) is 13.0 Å². The lowest BCUT2D eigenvalue weighted by Crippen LogP contribution is -2.25. The van der Waals surface area contributed by atoms with Gasteiger partial charge in [-0.3, -0.25) is 4.79 Å². The molecule has 1 unspecified atom stereocenters. The van der Waals surface area contributed by atoms with Crippen molar-refractivity contribution in [3.63, 3.8) is 0 Å². The summed E-state index contributed by atoms with van der Waals surface area (Å²) in [5.41, 5.74) is 1.89. The Bertz CT molecular complexity index is 789. The molecular weight excluding hydrogens is 322 g/mol. The van der Waals surface area contributed by atoms with Crippen molar-refractivity contribution >= 4 is 5.97 Å². The summed E-state index contributed by atoms with van der Waals surface area (Å²) in [6.07, 6.45) is 0. The highest BCUT2D eigenvalue weighted by atomic mass is 16.7. The number of rotatable bonds is 4. The van der Waals surface area contributed by atoms with Crippen LogP contribution in [0.1, 0.15) is 23.1 Å². The zero-order chi connectivity index (χ0) is 17.4. The predicted octanol–water partition coefficient (Wildman–Crippen LogP) is 2.55. The Balaban J connectivity index is 1.64. The fourth-order valence-electron chi connectivity index (χ4n) is 3.66. The standard InChI is InChI=1S/C19H19NO5/c1-23-13-5-2-11(3-6-13)18-17(19(21)22)14(9-20-18)12-4-7-15-16(8-12)25-10-24-15/h2-8,14,17-18,20H,9-10H2,1H3,(H,21,22)/t14?,17-,18-/m1/s1. The molecule has 0 radical (unpaired) electrons. The summed E-state index contributed by atoms with van der Waals surface area (Å²) in [6, 6.07) is 12.9. The van der Waals surface area contributed by atoms with Crippen molar-refractivity contribution in [3.8, 4) is 17.2 Å². The molecule has 2 N–H and O–H groups in total. The van der Waals surface area contributed by atoms with Crippen LogP contribution in [-0.4, -0.2) is 31.5 Å². The van der Waals surface area contributed by atoms with E-state index >= 15 is 0 Å². The van der Waals surface area contributed by atoms with Crippen molar-refractivity contribution < 1.29 is 24.1 Å². The lowest BCUT2D eigenvalue weighted by atomic mass is 9.83. The first-order chi connectivity index (χ1) is 12.2. The SMILES string of the molecule is COc1ccc([C@H]2NCC(c3ccc4c(c3)OCO4)[C@H]2C(=O)O)cc1. The number of carboxylic acids is 1. The third kappa shape index (κ3) is 2.78. The minimum Gasteiger partial charge on any atom is -0.497 e. The third-order valence-corrected chi connectivity index (χ3v) is 4.94. The molecule has 25 heavy (non-hydrogen) atoms. The lowest BCUT2D eigenvalue weighted by molar-refractivity contribution is -0.142. The number of carboxylic acid groups (broad SMARTS) is 1. The summed E-state index contributed by atoms with van der Waals surface area (Å²) in [6.45, 7) is 0.797. The Morgan fingerprint density at radius 3 is 2.56 bits per heavy atom. The van der Waals surface area contributed by atoms with Gasteiger partial charge in [-0.05, 0) is 35.4 Å². The zero-order valence-corrected chi connectivity index (χ0v) is 13.8. The Morgan fingerprint density at radius 1 is 1.12 bits per heavy atom. The van der Waals surface area contributed by atoms with E-state index < -0.39 is 11.9 Å². The van der Waals surface area contributed by atoms with E-state index in [2.05, 4.69) is 5.32 Å². The van der Waals surface area contributed by atoms with Crippen LogP contribution in [0.4, 0.5) is 0 Å². The average Bonchev–Trinajstić information content (AvgIpc) is 3.27. The van der Waals surface area contributed by atoms with Gasteiger partial charge in [0.1, 0.15) is 5.75 Å². The molecule has 4 rings (SSSR count). The molecule has 2 aliphatic heterocycles. The minimum atomic E-state index is -0.812. The van der Waals surface area contributed by atoms with Gasteiger partial charge in [0.15, 0.2) is 11.5 Å². The Labute approximate surface area is 145 Å². The molecule has 1 fully saturated rings. The van der Waals surface area contributed by atoms with Crippen LogP contribution in [0.3, 0.4) is 0 Å². The van der Waals surface area contributed by atoms with E-state index in [1.807, 2.05) is 42.5 Å². The van der Waals surface area contributed by atoms with Gasteiger partial charge in [0.25, 0.3) is 0 Å². The van der Waals surface area contributed by atoms with E-state index in [0.29, 0.717) is 18.0 Å². The van der Waals surface area contributed by atoms with Gasteiger partial charge in [-0.2, -0.15) is 0 Å². The van der Waals surface area contributed by atoms with Gasteiger partial charge in [-0.15, -0.1) is 0 Å². The van der Waals surface area contributed by atoms with Crippen LogP contribution in [0, 0.1) is 5.92 Å². The lowest BCUT2D eigenvalue weighted by Gasteiger charge is -2.21. The molecule has 0 aromatic heterocycles. The zero-order valence-electron chi connectivity index (χ0n) is 13.8. The number of nitrogens with one attached hydrogen (secondary N) is 1. The van der Waals surface area contributed by atoms with Gasteiger partial charge < -0.3 is 24.6 Å². The molecule has 2 aromatic carbocycles. The van der Waals surface area contributed by atoms with Crippen molar-refractivity contribution in [1.82, 2.24) is 5.32 Å². The van der Waals surface area contributed by atoms with Crippen LogP contribution in [0.15, 0.2) is 42.5 Å². The highest BCUT2D eigenvalue weighted by Crippen LogP contribution is 2.43. The number of hydrogen-bond donors (Lipinski definition) is 2. The Hall–Kier alpha value is -2.73. The van der Waals surface area contributed by atoms with E-state index in [4.69, 9.17) is 14.2 Å². The van der Waals surface area contributed by atoms with Crippen LogP contribution < -0.4 is 19.5 Å². The van der Waals surface area contributed by atoms with E-state index in [0.717, 1.165) is 16.9 Å². The molecule has 6 nitrogen and oxygen atoms in total. The maximum absolute atomic E-state index is 12.0. The number of methoxy groups -OCH3 is 1. The molecule has 0 aliphatic carbocycles. The van der Waals surface area contributed by atoms with E-state index in [1.165, 1.54) is 0 Å². The fourth-order valence-corrected chi connectivity index (χ4v) is 3.66. The quantitative estimate of drug-likeness (QED) is 0.890. The largest absolute Gasteiger partial charge is 0.497 e. The molecule has 2 aromatic rings. The molecule has 130 valence electrons. The molecule has 0 bridgehead atoms. The van der Waals surface area contributed by atoms with Gasteiger partial charge in [-0.1, -0.05) is 18.2 Å². The Kier molecular flexibility index (Phi) is 3.97. The highest BCUT2D eigenvalue weighted by Gasteiger charge is 2.42. The number of carbonyl (C=O) groups is 1. The topological polar surface area (TPSA) is 77.0 Å². The van der Waals surface area contributed by atoms with Crippen LogP contribution in [0.2, 0.25) is 0 Å². The van der Waals surface area contributed by atoms with E-state index in [9.17, 15) is 9.90 Å². The number of aliphatic carboxylic acids is 1. The molecule has 0 spiro atoms. The van der Waals surface area contributed by atoms with E-state index in [1.54, 1.807) is 7.11 Å². The van der Waals surface area contributed by atoms with E-state index in [-0.39, 0.29) is 18.8 Å². The number of fused-ring (bicyclic) bond motifs is 1. The van der Waals surface area contributed by atoms with Gasteiger partial charge in [-0.25, -0.2) is 0 Å². The van der Waals surface area contributed by atoms with Crippen molar-refractivity contribution in [1.29, 1.82) is 0 Å². The predicted molar refractivity (Wildman–Crippen MR) is 90.2 cm³/mol. The third-order valence-electron chi connectivity index (χ3n) is 4.94. The first-order valence-corrected chi connectivity index (χ1v) is 8.17. The molecule has 0 amide bonds. The van der Waals surface area contributed by atoms with Crippen LogP contribution in [0.5, 0.6) is 17.2 Å². The average molecular weight is 341 g/mol. The summed E-state index contributed by atoms with van der Waals surface area (Å²) < 4.78 is 15.9. The van der Waals surface area contributed by atoms with Crippen LogP contribution >= 0.6 is 0 Å². The monoisotopic (exact) mass is 341 g/mol. The van der Waals surface area contributed by atoms with Crippen molar-refractivity contribution in [2.24, 2.45) is 5.92 Å². The second-order valence-electron chi connectivity index (χ2n) is 6.24. The molecule has 1 saturated heterocycles. The fraction of sp³-hybridized carbons (Fsp3) is 0.316. The highest BCUT2D eigenvalue weighted by molar-refractivity contribution is 5.73. The summed E-state index contributed by atoms with van der Waals surface area (Å²) >= 11 is 0. The maximum Gasteiger partial charge on any atom is 0.309 e. The number of benzene rings is 2. The summed E-state index contributed by atoms with van der Waals surface area (Å²) in [4.78, 5) is 12.0. The van der Waals surface area contributed by atoms with Crippen LogP contribution in [-0.2, 0) is 4.79 Å². The van der Waals surface area contributed by atoms with Gasteiger partial charge >= 0.3 is 5.97 Å². The van der Waals surface area contributed by atoms with Gasteiger partial charge in [0, 0.05) is 18.5 Å². The van der Waals surface area contributed by atoms with Crippen molar-refractivity contribution in [2.75, 3.05) is 20.4 Å². The molecule has 3 atom stereocenters. The molecule has 6 heteroatoms. The normalized spacial score (nSPS) is 24.3. The smallest absolute Gasteiger partial charge is 0.309 e. The summed E-state index contributed by atoms with van der Waals surface area (Å²) in [7, 11) is 1.61. The first-order valence-electron chi connectivity index (χ1n) is 8.17. The Morgan fingerprint density at radius 2 is 1.84 bits per heavy atom. The van der Waals surface area contributed by atoms with Crippen molar-refractivity contribution in [2.45, 2.75) is 12.0 Å². The number of hydrogen-bond acceptors (Lipinski definition) is 5. The summed E-state index contributed by atoms with van der Waals surface area (Å²) in [5, 5.41) is 13.2. The molecule has 2 heterocycles. The number of ether oxygens (including phenoxy) is 3. The van der Waals surface area contributed by atoms with Crippen molar-refractivity contribution in [3.05, 3.63) is 53.6 Å².